The van der Waals surface area contributed by atoms with Crippen LogP contribution in [-0.4, -0.2) is 12.0 Å². The molecule has 14 aliphatic rings. The van der Waals surface area contributed by atoms with Crippen molar-refractivity contribution >= 4 is 11.8 Å². The molecule has 0 aromatic carbocycles. The van der Waals surface area contributed by atoms with E-state index in [1.165, 1.54) is 76.9 Å². The Morgan fingerprint density at radius 2 is 1.27 bits per heavy atom. The van der Waals surface area contributed by atoms with Gasteiger partial charge in [0.05, 0.1) is 0 Å². The molecule has 14 saturated carbocycles. The highest BCUT2D eigenvalue weighted by Gasteiger charge is 3.27. The monoisotopic (exact) mass is 358 g/mol. The van der Waals surface area contributed by atoms with Crippen molar-refractivity contribution in [1.82, 2.24) is 0 Å². The summed E-state index contributed by atoms with van der Waals surface area (Å²) in [5.41, 5.74) is 6.09. The minimum absolute atomic E-state index is 0.895. The van der Waals surface area contributed by atoms with Gasteiger partial charge in [-0.05, 0) is 147 Å². The van der Waals surface area contributed by atoms with Crippen LogP contribution in [-0.2, 0) is 0 Å². The first-order valence-corrected chi connectivity index (χ1v) is 13.7. The van der Waals surface area contributed by atoms with E-state index in [4.69, 9.17) is 0 Å². The predicted molar refractivity (Wildman–Crippen MR) is 96.8 cm³/mol. The number of rotatable bonds is 2. The van der Waals surface area contributed by atoms with Crippen molar-refractivity contribution in [1.29, 1.82) is 0 Å². The normalized spacial score (nSPS) is 103. The van der Waals surface area contributed by atoms with Crippen LogP contribution < -0.4 is 0 Å². The standard InChI is InChI=1S/C25H26S/c1-26-6-20-4-10-14-18-16-12-8-2-7-3-9(8)13-17-19-15-11(5-20)22(10,20)24(14,15)25(18,19)23(16,17)21(7,12)13/h7-19H,2-6H2,1H3. The molecule has 14 fully saturated rings. The van der Waals surface area contributed by atoms with E-state index in [-0.39, 0.29) is 0 Å². The zero-order valence-corrected chi connectivity index (χ0v) is 16.3. The zero-order valence-electron chi connectivity index (χ0n) is 15.4. The summed E-state index contributed by atoms with van der Waals surface area (Å²) in [6, 6.07) is 0. The van der Waals surface area contributed by atoms with Gasteiger partial charge in [-0.2, -0.15) is 11.8 Å². The number of hydrogen-bond donors (Lipinski definition) is 0. The van der Waals surface area contributed by atoms with E-state index < -0.39 is 0 Å². The molecule has 0 heterocycles. The van der Waals surface area contributed by atoms with E-state index in [2.05, 4.69) is 18.0 Å². The first kappa shape index (κ1) is 11.5. The summed E-state index contributed by atoms with van der Waals surface area (Å²) < 4.78 is 0. The predicted octanol–water partition coefficient (Wildman–Crippen LogP) is 4.02. The molecule has 0 saturated heterocycles. The summed E-state index contributed by atoms with van der Waals surface area (Å²) in [4.78, 5) is 0. The van der Waals surface area contributed by atoms with Crippen LogP contribution in [0, 0.1) is 109 Å². The molecule has 14 aliphatic carbocycles. The fourth-order valence-corrected chi connectivity index (χ4v) is 20.7. The molecule has 12 unspecified atom stereocenters. The van der Waals surface area contributed by atoms with Gasteiger partial charge in [-0.15, -0.1) is 0 Å². The molecular formula is C25H26S. The minimum Gasteiger partial charge on any atom is -0.165 e. The van der Waals surface area contributed by atoms with Crippen LogP contribution in [0.5, 0.6) is 0 Å². The zero-order chi connectivity index (χ0) is 15.7. The lowest BCUT2D eigenvalue weighted by Gasteiger charge is -3.26. The van der Waals surface area contributed by atoms with Gasteiger partial charge in [0.1, 0.15) is 0 Å². The van der Waals surface area contributed by atoms with Crippen LogP contribution in [0.1, 0.15) is 25.7 Å². The van der Waals surface area contributed by atoms with Crippen molar-refractivity contribution in [3.05, 3.63) is 0 Å². The molecule has 14 rings (SSSR count). The fraction of sp³-hybridized carbons (Fsp3) is 1.00. The highest BCUT2D eigenvalue weighted by molar-refractivity contribution is 7.98. The Morgan fingerprint density at radius 1 is 0.692 bits per heavy atom. The van der Waals surface area contributed by atoms with Gasteiger partial charge in [0.15, 0.2) is 0 Å². The summed E-state index contributed by atoms with van der Waals surface area (Å²) >= 11 is 2.22. The topological polar surface area (TPSA) is 0 Å². The van der Waals surface area contributed by atoms with Gasteiger partial charge in [-0.1, -0.05) is 0 Å². The van der Waals surface area contributed by atoms with E-state index in [1.54, 1.807) is 31.4 Å². The molecule has 12 atom stereocenters. The smallest absolute Gasteiger partial charge is 0.000762 e. The molecule has 5 spiro atoms. The molecule has 0 aromatic rings. The van der Waals surface area contributed by atoms with Crippen LogP contribution in [0.15, 0.2) is 0 Å². The van der Waals surface area contributed by atoms with Crippen molar-refractivity contribution < 1.29 is 0 Å². The van der Waals surface area contributed by atoms with E-state index in [9.17, 15) is 0 Å². The van der Waals surface area contributed by atoms with Crippen LogP contribution in [0.4, 0.5) is 0 Å². The highest BCUT2D eigenvalue weighted by Crippen LogP contribution is 3.29. The quantitative estimate of drug-likeness (QED) is 0.719. The molecule has 0 amide bonds. The van der Waals surface area contributed by atoms with Gasteiger partial charge in [0, 0.05) is 0 Å². The Labute approximate surface area is 159 Å². The summed E-state index contributed by atoms with van der Waals surface area (Å²) in [7, 11) is 0. The summed E-state index contributed by atoms with van der Waals surface area (Å²) in [5, 5.41) is 0. The molecule has 132 valence electrons. The van der Waals surface area contributed by atoms with Crippen molar-refractivity contribution in [3.63, 3.8) is 0 Å². The van der Waals surface area contributed by atoms with Crippen LogP contribution in [0.2, 0.25) is 0 Å². The maximum absolute atomic E-state index is 2.41. The fourth-order valence-electron chi connectivity index (χ4n) is 19.7. The van der Waals surface area contributed by atoms with Gasteiger partial charge < -0.3 is 0 Å². The van der Waals surface area contributed by atoms with Crippen molar-refractivity contribution in [3.8, 4) is 0 Å². The third kappa shape index (κ3) is 0.422. The number of fused-ring (bicyclic) bond motifs is 6. The van der Waals surface area contributed by atoms with Gasteiger partial charge in [0.25, 0.3) is 0 Å². The molecule has 0 nitrogen and oxygen atoms in total. The second-order valence-corrected chi connectivity index (χ2v) is 15.3. The summed E-state index contributed by atoms with van der Waals surface area (Å²) in [6.45, 7) is 0. The molecule has 0 N–H and O–H groups in total. The molecule has 26 heavy (non-hydrogen) atoms. The molecular weight excluding hydrogens is 332 g/mol. The van der Waals surface area contributed by atoms with Gasteiger partial charge in [0.2, 0.25) is 0 Å². The maximum Gasteiger partial charge on any atom is -0.000762 e. The van der Waals surface area contributed by atoms with Gasteiger partial charge >= 0.3 is 0 Å². The Bertz CT molecular complexity index is 967. The Balaban J connectivity index is 1.12. The lowest BCUT2D eigenvalue weighted by atomic mass is 8.77. The lowest BCUT2D eigenvalue weighted by molar-refractivity contribution is -0.806. The third-order valence-corrected chi connectivity index (χ3v) is 18.0. The van der Waals surface area contributed by atoms with E-state index in [0.717, 1.165) is 32.5 Å². The summed E-state index contributed by atoms with van der Waals surface area (Å²) in [6.07, 6.45) is 9.29. The molecule has 0 aliphatic heterocycles. The largest absolute Gasteiger partial charge is 0.165 e. The summed E-state index contributed by atoms with van der Waals surface area (Å²) in [5.74, 6) is 18.6. The van der Waals surface area contributed by atoms with E-state index in [1.807, 2.05) is 0 Å². The highest BCUT2D eigenvalue weighted by atomic mass is 32.2. The average Bonchev–Trinajstić information content (AvgIpc) is 3.20. The maximum atomic E-state index is 2.41. The van der Waals surface area contributed by atoms with Crippen LogP contribution in [0.25, 0.3) is 0 Å². The first-order valence-electron chi connectivity index (χ1n) is 12.3. The van der Waals surface area contributed by atoms with Crippen molar-refractivity contribution in [2.45, 2.75) is 25.7 Å². The number of hydrogen-bond acceptors (Lipinski definition) is 1. The Morgan fingerprint density at radius 3 is 1.88 bits per heavy atom. The molecule has 0 radical (unpaired) electrons. The van der Waals surface area contributed by atoms with Crippen LogP contribution >= 0.6 is 11.8 Å². The van der Waals surface area contributed by atoms with E-state index in [0.29, 0.717) is 0 Å². The lowest BCUT2D eigenvalue weighted by Crippen LogP contribution is -3.24. The Hall–Kier alpha value is 0.350. The SMILES string of the molecule is CSCC12CC3C4C5C6C7C8CC9CC8C8C%10C%11C%12C(C1)C32C4%12C5%11C6%10C978. The minimum atomic E-state index is 0.895. The van der Waals surface area contributed by atoms with Gasteiger partial charge in [-0.3, -0.25) is 0 Å². The second-order valence-electron chi connectivity index (χ2n) is 14.4. The average molecular weight is 359 g/mol. The third-order valence-electron chi connectivity index (χ3n) is 17.2. The Kier molecular flexibility index (Phi) is 1.01. The first-order chi connectivity index (χ1) is 12.8. The molecule has 4 bridgehead atoms. The van der Waals surface area contributed by atoms with Crippen LogP contribution in [0.3, 0.4) is 0 Å². The molecule has 1 heteroatoms. The molecule has 0 aromatic heterocycles. The van der Waals surface area contributed by atoms with E-state index >= 15 is 0 Å². The van der Waals surface area contributed by atoms with Crippen molar-refractivity contribution in [2.75, 3.05) is 12.0 Å². The van der Waals surface area contributed by atoms with Gasteiger partial charge in [-0.25, -0.2) is 0 Å². The van der Waals surface area contributed by atoms with Crippen molar-refractivity contribution in [2.24, 2.45) is 109 Å². The second kappa shape index (κ2) is 2.27. The number of thioether (sulfide) groups is 1.